The fraction of sp³-hybridized carbons (Fsp3) is 0.231. The van der Waals surface area contributed by atoms with E-state index in [1.807, 2.05) is 32.0 Å². The molecule has 2 rings (SSSR count). The second-order valence-corrected chi connectivity index (χ2v) is 5.39. The van der Waals surface area contributed by atoms with Crippen LogP contribution in [0, 0.1) is 13.8 Å². The summed E-state index contributed by atoms with van der Waals surface area (Å²) in [5.41, 5.74) is 2.68. The van der Waals surface area contributed by atoms with Crippen molar-refractivity contribution in [2.24, 2.45) is 0 Å². The highest BCUT2D eigenvalue weighted by Gasteiger charge is 2.08. The maximum atomic E-state index is 9.30. The van der Waals surface area contributed by atoms with Gasteiger partial charge in [0, 0.05) is 21.3 Å². The first-order valence-corrected chi connectivity index (χ1v) is 6.67. The minimum Gasteiger partial charge on any atom is -0.392 e. The SMILES string of the molecule is Cc1cc(C)nc(Sc2cc(Cl)ccc2CO)n1. The van der Waals surface area contributed by atoms with Crippen LogP contribution in [0.1, 0.15) is 17.0 Å². The maximum absolute atomic E-state index is 9.30. The van der Waals surface area contributed by atoms with Crippen molar-refractivity contribution in [3.63, 3.8) is 0 Å². The molecule has 0 saturated heterocycles. The number of halogens is 1. The molecule has 0 amide bonds. The fourth-order valence-corrected chi connectivity index (χ4v) is 2.85. The molecule has 1 aromatic carbocycles. The Bertz CT molecular complexity index is 555. The number of aromatic nitrogens is 2. The van der Waals surface area contributed by atoms with Crippen molar-refractivity contribution in [2.45, 2.75) is 30.5 Å². The van der Waals surface area contributed by atoms with E-state index in [0.29, 0.717) is 10.2 Å². The highest BCUT2D eigenvalue weighted by Crippen LogP contribution is 2.30. The number of rotatable bonds is 3. The van der Waals surface area contributed by atoms with Crippen molar-refractivity contribution in [3.05, 3.63) is 46.2 Å². The van der Waals surface area contributed by atoms with Gasteiger partial charge in [0.25, 0.3) is 0 Å². The third-order valence-corrected chi connectivity index (χ3v) is 3.56. The molecule has 0 spiro atoms. The van der Waals surface area contributed by atoms with Crippen LogP contribution in [0.25, 0.3) is 0 Å². The average Bonchev–Trinajstić information content (AvgIpc) is 2.27. The molecule has 94 valence electrons. The largest absolute Gasteiger partial charge is 0.392 e. The Kier molecular flexibility index (Phi) is 4.22. The molecule has 1 heterocycles. The summed E-state index contributed by atoms with van der Waals surface area (Å²) in [5.74, 6) is 0. The van der Waals surface area contributed by atoms with Gasteiger partial charge in [0.1, 0.15) is 0 Å². The van der Waals surface area contributed by atoms with Gasteiger partial charge in [-0.25, -0.2) is 9.97 Å². The van der Waals surface area contributed by atoms with Gasteiger partial charge in [0.15, 0.2) is 5.16 Å². The van der Waals surface area contributed by atoms with E-state index in [1.54, 1.807) is 6.07 Å². The van der Waals surface area contributed by atoms with Gasteiger partial charge in [-0.15, -0.1) is 0 Å². The van der Waals surface area contributed by atoms with Crippen LogP contribution < -0.4 is 0 Å². The zero-order valence-electron chi connectivity index (χ0n) is 10.1. The molecule has 0 bridgehead atoms. The average molecular weight is 281 g/mol. The van der Waals surface area contributed by atoms with Gasteiger partial charge in [-0.3, -0.25) is 0 Å². The summed E-state index contributed by atoms with van der Waals surface area (Å²) in [7, 11) is 0. The Morgan fingerprint density at radius 1 is 1.17 bits per heavy atom. The van der Waals surface area contributed by atoms with Crippen LogP contribution in [0.4, 0.5) is 0 Å². The van der Waals surface area contributed by atoms with E-state index < -0.39 is 0 Å². The minimum absolute atomic E-state index is 0.0235. The molecule has 18 heavy (non-hydrogen) atoms. The lowest BCUT2D eigenvalue weighted by Gasteiger charge is -2.07. The first-order valence-electron chi connectivity index (χ1n) is 5.48. The summed E-state index contributed by atoms with van der Waals surface area (Å²) < 4.78 is 0. The topological polar surface area (TPSA) is 46.0 Å². The van der Waals surface area contributed by atoms with Crippen LogP contribution in [0.5, 0.6) is 0 Å². The molecule has 0 atom stereocenters. The van der Waals surface area contributed by atoms with Crippen LogP contribution in [0.2, 0.25) is 5.02 Å². The maximum Gasteiger partial charge on any atom is 0.192 e. The molecular formula is C13H13ClN2OS. The number of benzene rings is 1. The summed E-state index contributed by atoms with van der Waals surface area (Å²) in [5, 5.41) is 10.6. The highest BCUT2D eigenvalue weighted by atomic mass is 35.5. The minimum atomic E-state index is -0.0235. The van der Waals surface area contributed by atoms with E-state index in [4.69, 9.17) is 11.6 Å². The molecule has 0 aliphatic heterocycles. The van der Waals surface area contributed by atoms with Gasteiger partial charge < -0.3 is 5.11 Å². The molecule has 0 unspecified atom stereocenters. The monoisotopic (exact) mass is 280 g/mol. The van der Waals surface area contributed by atoms with E-state index in [2.05, 4.69) is 9.97 Å². The summed E-state index contributed by atoms with van der Waals surface area (Å²) in [6, 6.07) is 7.32. The van der Waals surface area contributed by atoms with Crippen LogP contribution in [0.3, 0.4) is 0 Å². The van der Waals surface area contributed by atoms with E-state index in [1.165, 1.54) is 11.8 Å². The van der Waals surface area contributed by atoms with Gasteiger partial charge in [-0.2, -0.15) is 0 Å². The Morgan fingerprint density at radius 3 is 2.44 bits per heavy atom. The quantitative estimate of drug-likeness (QED) is 0.876. The van der Waals surface area contributed by atoms with Gasteiger partial charge in [-0.1, -0.05) is 17.7 Å². The standard InChI is InChI=1S/C13H13ClN2OS/c1-8-5-9(2)16-13(15-8)18-12-6-11(14)4-3-10(12)7-17/h3-6,17H,7H2,1-2H3. The van der Waals surface area contributed by atoms with Crippen molar-refractivity contribution >= 4 is 23.4 Å². The van der Waals surface area contributed by atoms with Crippen molar-refractivity contribution in [3.8, 4) is 0 Å². The number of hydrogen-bond acceptors (Lipinski definition) is 4. The Hall–Kier alpha value is -1.10. The third kappa shape index (κ3) is 3.22. The van der Waals surface area contributed by atoms with Crippen molar-refractivity contribution in [1.29, 1.82) is 0 Å². The van der Waals surface area contributed by atoms with E-state index in [-0.39, 0.29) is 6.61 Å². The Balaban J connectivity index is 2.35. The second kappa shape index (κ2) is 5.69. The zero-order valence-corrected chi connectivity index (χ0v) is 11.7. The zero-order chi connectivity index (χ0) is 13.1. The molecule has 0 aliphatic rings. The normalized spacial score (nSPS) is 10.7. The molecule has 1 N–H and O–H groups in total. The van der Waals surface area contributed by atoms with Crippen LogP contribution in [0.15, 0.2) is 34.3 Å². The predicted molar refractivity (Wildman–Crippen MR) is 73.0 cm³/mol. The molecule has 0 fully saturated rings. The third-order valence-electron chi connectivity index (χ3n) is 2.36. The number of hydrogen-bond donors (Lipinski definition) is 1. The summed E-state index contributed by atoms with van der Waals surface area (Å²) >= 11 is 7.38. The van der Waals surface area contributed by atoms with Crippen LogP contribution in [-0.4, -0.2) is 15.1 Å². The number of aliphatic hydroxyl groups excluding tert-OH is 1. The van der Waals surface area contributed by atoms with Gasteiger partial charge in [0.05, 0.1) is 6.61 Å². The lowest BCUT2D eigenvalue weighted by Crippen LogP contribution is -1.94. The predicted octanol–water partition coefficient (Wildman–Crippen LogP) is 3.39. The van der Waals surface area contributed by atoms with Gasteiger partial charge in [0.2, 0.25) is 0 Å². The van der Waals surface area contributed by atoms with Crippen molar-refractivity contribution < 1.29 is 5.11 Å². The second-order valence-electron chi connectivity index (χ2n) is 3.95. The first-order chi connectivity index (χ1) is 8.58. The Labute approximate surface area is 115 Å². The highest BCUT2D eigenvalue weighted by molar-refractivity contribution is 7.99. The molecule has 1 aromatic heterocycles. The molecular weight excluding hydrogens is 268 g/mol. The van der Waals surface area contributed by atoms with Crippen molar-refractivity contribution in [1.82, 2.24) is 9.97 Å². The lowest BCUT2D eigenvalue weighted by molar-refractivity contribution is 0.279. The number of aryl methyl sites for hydroxylation is 2. The molecule has 0 radical (unpaired) electrons. The molecule has 2 aromatic rings. The van der Waals surface area contributed by atoms with E-state index in [0.717, 1.165) is 21.8 Å². The van der Waals surface area contributed by atoms with Gasteiger partial charge >= 0.3 is 0 Å². The summed E-state index contributed by atoms with van der Waals surface area (Å²) in [6.45, 7) is 3.84. The summed E-state index contributed by atoms with van der Waals surface area (Å²) in [6.07, 6.45) is 0. The lowest BCUT2D eigenvalue weighted by atomic mass is 10.2. The van der Waals surface area contributed by atoms with Crippen LogP contribution in [-0.2, 0) is 6.61 Å². The van der Waals surface area contributed by atoms with Crippen LogP contribution >= 0.6 is 23.4 Å². The Morgan fingerprint density at radius 2 is 1.83 bits per heavy atom. The molecule has 0 aliphatic carbocycles. The molecule has 5 heteroatoms. The molecule has 3 nitrogen and oxygen atoms in total. The summed E-state index contributed by atoms with van der Waals surface area (Å²) in [4.78, 5) is 9.61. The smallest absolute Gasteiger partial charge is 0.192 e. The first kappa shape index (κ1) is 13.3. The number of nitrogens with zero attached hydrogens (tertiary/aromatic N) is 2. The van der Waals surface area contributed by atoms with E-state index in [9.17, 15) is 5.11 Å². The van der Waals surface area contributed by atoms with Crippen molar-refractivity contribution in [2.75, 3.05) is 0 Å². The van der Waals surface area contributed by atoms with Gasteiger partial charge in [-0.05, 0) is 49.4 Å². The fourth-order valence-electron chi connectivity index (χ4n) is 1.59. The van der Waals surface area contributed by atoms with E-state index >= 15 is 0 Å². The number of aliphatic hydroxyl groups is 1. The molecule has 0 saturated carbocycles.